The van der Waals surface area contributed by atoms with Gasteiger partial charge in [0.2, 0.25) is 10.9 Å². The third kappa shape index (κ3) is 3.83. The largest absolute Gasteiger partial charge is 0.462 e. The van der Waals surface area contributed by atoms with Crippen molar-refractivity contribution >= 4 is 34.6 Å². The zero-order chi connectivity index (χ0) is 22.1. The van der Waals surface area contributed by atoms with Gasteiger partial charge in [-0.15, -0.1) is 5.10 Å². The van der Waals surface area contributed by atoms with Gasteiger partial charge >= 0.3 is 5.97 Å². The molecule has 31 heavy (non-hydrogen) atoms. The SMILES string of the molecule is CCOC(=O)c1c(C)oc2nc(CSc3nnnn3-c3cccc(C)c3C)nc(N)c12. The molecule has 10 nitrogen and oxygen atoms in total. The summed E-state index contributed by atoms with van der Waals surface area (Å²) in [6, 6.07) is 5.97. The summed E-state index contributed by atoms with van der Waals surface area (Å²) >= 11 is 1.37. The van der Waals surface area contributed by atoms with E-state index in [-0.39, 0.29) is 23.7 Å². The number of rotatable bonds is 6. The number of tetrazole rings is 1. The predicted octanol–water partition coefficient (Wildman–Crippen LogP) is 3.17. The van der Waals surface area contributed by atoms with Crippen molar-refractivity contribution in [1.29, 1.82) is 0 Å². The number of nitrogens with two attached hydrogens (primary N) is 1. The highest BCUT2D eigenvalue weighted by molar-refractivity contribution is 7.98. The number of hydrogen-bond acceptors (Lipinski definition) is 10. The molecular weight excluding hydrogens is 418 g/mol. The van der Waals surface area contributed by atoms with Crippen LogP contribution < -0.4 is 5.73 Å². The van der Waals surface area contributed by atoms with E-state index >= 15 is 0 Å². The number of thioether (sulfide) groups is 1. The van der Waals surface area contributed by atoms with Crippen LogP contribution in [0.2, 0.25) is 0 Å². The molecule has 11 heteroatoms. The number of benzene rings is 1. The number of esters is 1. The minimum Gasteiger partial charge on any atom is -0.462 e. The lowest BCUT2D eigenvalue weighted by Gasteiger charge is -2.09. The van der Waals surface area contributed by atoms with Crippen molar-refractivity contribution in [2.75, 3.05) is 12.3 Å². The van der Waals surface area contributed by atoms with Gasteiger partial charge in [-0.05, 0) is 55.3 Å². The Labute approximate surface area is 182 Å². The molecule has 0 atom stereocenters. The first-order valence-corrected chi connectivity index (χ1v) is 10.6. The number of carbonyl (C=O) groups excluding carboxylic acids is 1. The lowest BCUT2D eigenvalue weighted by atomic mass is 10.1. The molecule has 0 radical (unpaired) electrons. The van der Waals surface area contributed by atoms with Gasteiger partial charge in [-0.1, -0.05) is 23.9 Å². The predicted molar refractivity (Wildman–Crippen MR) is 115 cm³/mol. The minimum atomic E-state index is -0.510. The van der Waals surface area contributed by atoms with Crippen LogP contribution in [0.3, 0.4) is 0 Å². The van der Waals surface area contributed by atoms with E-state index in [4.69, 9.17) is 14.9 Å². The van der Waals surface area contributed by atoms with E-state index in [1.165, 1.54) is 11.8 Å². The smallest absolute Gasteiger partial charge is 0.342 e. The molecule has 0 aliphatic rings. The molecule has 0 saturated carbocycles. The Morgan fingerprint density at radius 2 is 2.06 bits per heavy atom. The fourth-order valence-electron chi connectivity index (χ4n) is 3.21. The second-order valence-electron chi connectivity index (χ2n) is 6.84. The van der Waals surface area contributed by atoms with E-state index in [1.54, 1.807) is 18.5 Å². The van der Waals surface area contributed by atoms with E-state index in [2.05, 4.69) is 25.5 Å². The van der Waals surface area contributed by atoms with E-state index in [1.807, 2.05) is 32.0 Å². The molecule has 160 valence electrons. The Hall–Kier alpha value is -3.47. The lowest BCUT2D eigenvalue weighted by molar-refractivity contribution is 0.0526. The number of aryl methyl sites for hydroxylation is 2. The molecule has 3 heterocycles. The second-order valence-corrected chi connectivity index (χ2v) is 7.78. The van der Waals surface area contributed by atoms with E-state index in [0.717, 1.165) is 16.8 Å². The van der Waals surface area contributed by atoms with Gasteiger partial charge in [-0.25, -0.2) is 9.78 Å². The van der Waals surface area contributed by atoms with Crippen molar-refractivity contribution in [2.45, 2.75) is 38.6 Å². The minimum absolute atomic E-state index is 0.162. The normalized spacial score (nSPS) is 11.2. The van der Waals surface area contributed by atoms with Crippen molar-refractivity contribution in [3.63, 3.8) is 0 Å². The summed E-state index contributed by atoms with van der Waals surface area (Å²) in [6.07, 6.45) is 0. The Morgan fingerprint density at radius 3 is 2.84 bits per heavy atom. The van der Waals surface area contributed by atoms with E-state index in [0.29, 0.717) is 27.9 Å². The molecule has 0 spiro atoms. The molecule has 0 fully saturated rings. The Kier molecular flexibility index (Phi) is 5.59. The van der Waals surface area contributed by atoms with Gasteiger partial charge in [0.1, 0.15) is 23.0 Å². The zero-order valence-corrected chi connectivity index (χ0v) is 18.4. The van der Waals surface area contributed by atoms with Crippen LogP contribution in [-0.4, -0.2) is 42.8 Å². The number of ether oxygens (including phenoxy) is 1. The fourth-order valence-corrected chi connectivity index (χ4v) is 3.95. The average molecular weight is 440 g/mol. The quantitative estimate of drug-likeness (QED) is 0.352. The molecule has 0 saturated heterocycles. The standard InChI is InChI=1S/C20H21N7O3S/c1-5-29-19(28)15-12(4)30-18-16(15)17(21)22-14(23-18)9-31-20-24-25-26-27(20)13-8-6-7-10(2)11(13)3/h6-8H,5,9H2,1-4H3,(H2,21,22,23). The van der Waals surface area contributed by atoms with Gasteiger partial charge in [-0.3, -0.25) is 0 Å². The summed E-state index contributed by atoms with van der Waals surface area (Å²) in [7, 11) is 0. The number of anilines is 1. The number of nitrogens with zero attached hydrogens (tertiary/aromatic N) is 6. The van der Waals surface area contributed by atoms with Crippen molar-refractivity contribution in [2.24, 2.45) is 0 Å². The summed E-state index contributed by atoms with van der Waals surface area (Å²) in [5.41, 5.74) is 9.79. The molecule has 0 aliphatic heterocycles. The van der Waals surface area contributed by atoms with Crippen molar-refractivity contribution in [3.05, 3.63) is 46.5 Å². The maximum absolute atomic E-state index is 12.3. The number of hydrogen-bond donors (Lipinski definition) is 1. The van der Waals surface area contributed by atoms with Crippen LogP contribution in [0.5, 0.6) is 0 Å². The summed E-state index contributed by atoms with van der Waals surface area (Å²) in [4.78, 5) is 21.0. The first kappa shape index (κ1) is 20.8. The third-order valence-electron chi connectivity index (χ3n) is 4.86. The van der Waals surface area contributed by atoms with Gasteiger partial charge in [0.15, 0.2) is 0 Å². The van der Waals surface area contributed by atoms with E-state index in [9.17, 15) is 4.79 Å². The average Bonchev–Trinajstić information content (AvgIpc) is 3.32. The second kappa shape index (κ2) is 8.34. The molecular formula is C20H21N7O3S. The highest BCUT2D eigenvalue weighted by Gasteiger charge is 2.24. The summed E-state index contributed by atoms with van der Waals surface area (Å²) in [5, 5.41) is 13.0. The van der Waals surface area contributed by atoms with Crippen LogP contribution in [-0.2, 0) is 10.5 Å². The van der Waals surface area contributed by atoms with Crippen LogP contribution in [0.1, 0.15) is 40.0 Å². The van der Waals surface area contributed by atoms with Crippen LogP contribution >= 0.6 is 11.8 Å². The first-order chi connectivity index (χ1) is 14.9. The lowest BCUT2D eigenvalue weighted by Crippen LogP contribution is -2.07. The zero-order valence-electron chi connectivity index (χ0n) is 17.5. The maximum Gasteiger partial charge on any atom is 0.342 e. The van der Waals surface area contributed by atoms with Crippen LogP contribution in [0.4, 0.5) is 5.82 Å². The molecule has 2 N–H and O–H groups in total. The number of furan rings is 1. The monoisotopic (exact) mass is 439 g/mol. The Bertz CT molecular complexity index is 1280. The summed E-state index contributed by atoms with van der Waals surface area (Å²) in [5.74, 6) is 0.839. The van der Waals surface area contributed by atoms with Gasteiger partial charge in [-0.2, -0.15) is 9.67 Å². The summed E-state index contributed by atoms with van der Waals surface area (Å²) in [6.45, 7) is 7.71. The number of fused-ring (bicyclic) bond motifs is 1. The molecule has 3 aromatic heterocycles. The van der Waals surface area contributed by atoms with Crippen molar-refractivity contribution < 1.29 is 13.9 Å². The topological polar surface area (TPSA) is 135 Å². The molecule has 1 aromatic carbocycles. The van der Waals surface area contributed by atoms with Gasteiger partial charge in [0, 0.05) is 0 Å². The molecule has 4 rings (SSSR count). The highest BCUT2D eigenvalue weighted by atomic mass is 32.2. The number of aromatic nitrogens is 6. The van der Waals surface area contributed by atoms with E-state index < -0.39 is 5.97 Å². The summed E-state index contributed by atoms with van der Waals surface area (Å²) < 4.78 is 12.4. The van der Waals surface area contributed by atoms with Gasteiger partial charge in [0.05, 0.1) is 23.4 Å². The van der Waals surface area contributed by atoms with Crippen LogP contribution in [0.25, 0.3) is 16.8 Å². The van der Waals surface area contributed by atoms with Gasteiger partial charge in [0.25, 0.3) is 0 Å². The Balaban J connectivity index is 1.62. The van der Waals surface area contributed by atoms with Crippen LogP contribution in [0, 0.1) is 20.8 Å². The molecule has 0 amide bonds. The fraction of sp³-hybridized carbons (Fsp3) is 0.300. The number of nitrogen functional groups attached to an aromatic ring is 1. The molecule has 0 aliphatic carbocycles. The third-order valence-corrected chi connectivity index (χ3v) is 5.77. The van der Waals surface area contributed by atoms with Crippen LogP contribution in [0.15, 0.2) is 27.8 Å². The maximum atomic E-state index is 12.3. The van der Waals surface area contributed by atoms with Crippen molar-refractivity contribution in [3.8, 4) is 5.69 Å². The Morgan fingerprint density at radius 1 is 1.26 bits per heavy atom. The highest BCUT2D eigenvalue weighted by Crippen LogP contribution is 2.30. The molecule has 0 unspecified atom stereocenters. The van der Waals surface area contributed by atoms with Crippen molar-refractivity contribution in [1.82, 2.24) is 30.2 Å². The molecule has 0 bridgehead atoms. The first-order valence-electron chi connectivity index (χ1n) is 9.61. The number of carbonyl (C=O) groups is 1. The molecule has 4 aromatic rings. The van der Waals surface area contributed by atoms with Gasteiger partial charge < -0.3 is 14.9 Å².